The van der Waals surface area contributed by atoms with Crippen LogP contribution < -0.4 is 9.47 Å². The second-order valence-corrected chi connectivity index (χ2v) is 6.33. The molecule has 0 N–H and O–H groups in total. The predicted molar refractivity (Wildman–Crippen MR) is 112 cm³/mol. The Balaban J connectivity index is 1.86. The number of ether oxygens (including phenoxy) is 2. The molecule has 10 nitrogen and oxygen atoms in total. The zero-order chi connectivity index (χ0) is 22.7. The molecule has 4 rings (SSSR count). The first-order chi connectivity index (χ1) is 15.6. The molecule has 0 radical (unpaired) electrons. The number of benzene rings is 1. The molecule has 0 aliphatic heterocycles. The third-order valence-electron chi connectivity index (χ3n) is 4.56. The zero-order valence-corrected chi connectivity index (χ0v) is 16.9. The third-order valence-corrected chi connectivity index (χ3v) is 4.56. The van der Waals surface area contributed by atoms with Crippen LogP contribution in [0.25, 0.3) is 22.8 Å². The van der Waals surface area contributed by atoms with Crippen molar-refractivity contribution in [1.82, 2.24) is 0 Å². The van der Waals surface area contributed by atoms with Gasteiger partial charge in [0.05, 0.1) is 37.2 Å². The summed E-state index contributed by atoms with van der Waals surface area (Å²) in [5.41, 5.74) is 0.526. The van der Waals surface area contributed by atoms with Crippen molar-refractivity contribution in [3.63, 3.8) is 0 Å². The van der Waals surface area contributed by atoms with Crippen molar-refractivity contribution in [3.8, 4) is 40.4 Å². The van der Waals surface area contributed by atoms with Crippen LogP contribution in [-0.4, -0.2) is 25.4 Å². The number of methoxy groups -OCH3 is 2. The van der Waals surface area contributed by atoms with E-state index in [9.17, 15) is 15.4 Å². The van der Waals surface area contributed by atoms with Gasteiger partial charge < -0.3 is 22.7 Å². The van der Waals surface area contributed by atoms with Crippen molar-refractivity contribution >= 4 is 17.8 Å². The Bertz CT molecular complexity index is 1330. The monoisotopic (exact) mass is 433 g/mol. The molecule has 0 saturated carbocycles. The fourth-order valence-electron chi connectivity index (χ4n) is 3.13. The maximum atomic E-state index is 11.4. The molecule has 0 atom stereocenters. The molecular formula is C22H15N3O7. The van der Waals surface area contributed by atoms with Crippen LogP contribution in [0.2, 0.25) is 0 Å². The highest BCUT2D eigenvalue weighted by Gasteiger charge is 2.26. The number of rotatable bonds is 7. The standard InChI is InChI=1S/C22H15N3O7/c1-28-18-10-19(29-2)15(25(26)27)9-13(18)12-24-22-14(11-23)20(16-5-3-7-30-16)21(32-22)17-6-4-8-31-17/h3-10,12H,1-2H3. The Morgan fingerprint density at radius 2 is 1.78 bits per heavy atom. The van der Waals surface area contributed by atoms with Crippen LogP contribution in [0.4, 0.5) is 11.6 Å². The van der Waals surface area contributed by atoms with Gasteiger partial charge in [-0.1, -0.05) is 0 Å². The van der Waals surface area contributed by atoms with Gasteiger partial charge in [-0.05, 0) is 24.3 Å². The number of nitro groups is 1. The minimum Gasteiger partial charge on any atom is -0.496 e. The molecule has 0 bridgehead atoms. The first-order valence-electron chi connectivity index (χ1n) is 9.16. The van der Waals surface area contributed by atoms with Gasteiger partial charge in [0.25, 0.3) is 0 Å². The minimum atomic E-state index is -0.576. The van der Waals surface area contributed by atoms with Gasteiger partial charge in [-0.2, -0.15) is 5.26 Å². The Morgan fingerprint density at radius 3 is 2.34 bits per heavy atom. The lowest BCUT2D eigenvalue weighted by Crippen LogP contribution is -1.98. The van der Waals surface area contributed by atoms with Gasteiger partial charge in [-0.15, -0.1) is 0 Å². The normalized spacial score (nSPS) is 10.9. The van der Waals surface area contributed by atoms with E-state index in [0.717, 1.165) is 0 Å². The summed E-state index contributed by atoms with van der Waals surface area (Å²) < 4.78 is 27.1. The smallest absolute Gasteiger partial charge is 0.311 e. The lowest BCUT2D eigenvalue weighted by molar-refractivity contribution is -0.385. The summed E-state index contributed by atoms with van der Waals surface area (Å²) in [6.07, 6.45) is 4.25. The summed E-state index contributed by atoms with van der Waals surface area (Å²) in [7, 11) is 2.74. The highest BCUT2D eigenvalue weighted by molar-refractivity contribution is 5.90. The van der Waals surface area contributed by atoms with Gasteiger partial charge in [-0.3, -0.25) is 10.1 Å². The Kier molecular flexibility index (Phi) is 5.46. The van der Waals surface area contributed by atoms with Crippen LogP contribution in [0.5, 0.6) is 11.5 Å². The molecule has 0 aliphatic rings. The first kappa shape index (κ1) is 20.5. The quantitative estimate of drug-likeness (QED) is 0.216. The topological polar surface area (TPSA) is 137 Å². The predicted octanol–water partition coefficient (Wildman–Crippen LogP) is 5.35. The summed E-state index contributed by atoms with van der Waals surface area (Å²) in [5.74, 6) is 1.36. The summed E-state index contributed by atoms with van der Waals surface area (Å²) in [6, 6.07) is 11.4. The molecule has 0 aliphatic carbocycles. The number of nitriles is 1. The van der Waals surface area contributed by atoms with E-state index < -0.39 is 4.92 Å². The average Bonchev–Trinajstić information content (AvgIpc) is 3.56. The van der Waals surface area contributed by atoms with E-state index in [1.54, 1.807) is 24.3 Å². The molecule has 3 aromatic heterocycles. The third kappa shape index (κ3) is 3.59. The van der Waals surface area contributed by atoms with Gasteiger partial charge >= 0.3 is 5.69 Å². The fraction of sp³-hybridized carbons (Fsp3) is 0.0909. The lowest BCUT2D eigenvalue weighted by atomic mass is 10.1. The molecule has 0 amide bonds. The summed E-state index contributed by atoms with van der Waals surface area (Å²) in [4.78, 5) is 15.1. The van der Waals surface area contributed by atoms with E-state index in [0.29, 0.717) is 28.4 Å². The lowest BCUT2D eigenvalue weighted by Gasteiger charge is -2.07. The molecule has 4 aromatic rings. The van der Waals surface area contributed by atoms with E-state index in [1.807, 2.05) is 0 Å². The van der Waals surface area contributed by atoms with Crippen LogP contribution in [-0.2, 0) is 0 Å². The fourth-order valence-corrected chi connectivity index (χ4v) is 3.13. The highest BCUT2D eigenvalue weighted by Crippen LogP contribution is 2.43. The molecule has 3 heterocycles. The van der Waals surface area contributed by atoms with Gasteiger partial charge in [0.2, 0.25) is 11.6 Å². The van der Waals surface area contributed by atoms with E-state index in [-0.39, 0.29) is 28.6 Å². The van der Waals surface area contributed by atoms with Crippen molar-refractivity contribution in [2.24, 2.45) is 4.99 Å². The zero-order valence-electron chi connectivity index (χ0n) is 16.9. The van der Waals surface area contributed by atoms with Crippen molar-refractivity contribution < 1.29 is 27.6 Å². The number of nitrogens with zero attached hydrogens (tertiary/aromatic N) is 3. The molecule has 10 heteroatoms. The largest absolute Gasteiger partial charge is 0.496 e. The summed E-state index contributed by atoms with van der Waals surface area (Å²) in [6.45, 7) is 0. The maximum absolute atomic E-state index is 11.4. The van der Waals surface area contributed by atoms with Crippen LogP contribution in [0.1, 0.15) is 11.1 Å². The number of nitro benzene ring substituents is 1. The Hall–Kier alpha value is -4.78. The van der Waals surface area contributed by atoms with Crippen molar-refractivity contribution in [2.75, 3.05) is 14.2 Å². The molecular weight excluding hydrogens is 418 g/mol. The van der Waals surface area contributed by atoms with Gasteiger partial charge in [-0.25, -0.2) is 4.99 Å². The number of furan rings is 3. The molecule has 160 valence electrons. The van der Waals surface area contributed by atoms with E-state index in [1.165, 1.54) is 45.1 Å². The molecule has 0 unspecified atom stereocenters. The summed E-state index contributed by atoms with van der Waals surface area (Å²) >= 11 is 0. The molecule has 0 spiro atoms. The van der Waals surface area contributed by atoms with E-state index in [2.05, 4.69) is 11.1 Å². The van der Waals surface area contributed by atoms with Crippen LogP contribution in [0.15, 0.2) is 67.2 Å². The van der Waals surface area contributed by atoms with E-state index >= 15 is 0 Å². The SMILES string of the molecule is COc1cc(OC)c([N+](=O)[O-])cc1C=Nc1oc(-c2ccco2)c(-c2ccco2)c1C#N. The molecule has 1 aromatic carbocycles. The van der Waals surface area contributed by atoms with Crippen LogP contribution >= 0.6 is 0 Å². The molecule has 32 heavy (non-hydrogen) atoms. The van der Waals surface area contributed by atoms with E-state index in [4.69, 9.17) is 22.7 Å². The first-order valence-corrected chi connectivity index (χ1v) is 9.16. The molecule has 0 saturated heterocycles. The van der Waals surface area contributed by atoms with Crippen LogP contribution in [0, 0.1) is 21.4 Å². The Labute approximate surface area is 181 Å². The number of aliphatic imine (C=N–C) groups is 1. The summed E-state index contributed by atoms with van der Waals surface area (Å²) in [5, 5.41) is 21.2. The number of hydrogen-bond acceptors (Lipinski definition) is 9. The van der Waals surface area contributed by atoms with Crippen molar-refractivity contribution in [1.29, 1.82) is 5.26 Å². The number of hydrogen-bond donors (Lipinski definition) is 0. The molecule has 0 fully saturated rings. The second-order valence-electron chi connectivity index (χ2n) is 6.33. The second kappa shape index (κ2) is 8.53. The van der Waals surface area contributed by atoms with Gasteiger partial charge in [0, 0.05) is 23.9 Å². The Morgan fingerprint density at radius 1 is 1.09 bits per heavy atom. The van der Waals surface area contributed by atoms with Gasteiger partial charge in [0.15, 0.2) is 11.5 Å². The highest BCUT2D eigenvalue weighted by atomic mass is 16.6. The van der Waals surface area contributed by atoms with Crippen molar-refractivity contribution in [2.45, 2.75) is 0 Å². The average molecular weight is 433 g/mol. The van der Waals surface area contributed by atoms with Crippen LogP contribution in [0.3, 0.4) is 0 Å². The minimum absolute atomic E-state index is 0.0224. The van der Waals surface area contributed by atoms with Gasteiger partial charge in [0.1, 0.15) is 23.1 Å². The maximum Gasteiger partial charge on any atom is 0.311 e. The van der Waals surface area contributed by atoms with Crippen molar-refractivity contribution in [3.05, 3.63) is 70.2 Å².